The average Bonchev–Trinajstić information content (AvgIpc) is 3.23. The molecule has 1 amide bonds. The van der Waals surface area contributed by atoms with Crippen molar-refractivity contribution >= 4 is 34.8 Å². The van der Waals surface area contributed by atoms with Crippen LogP contribution in [0.15, 0.2) is 66.0 Å². The van der Waals surface area contributed by atoms with Crippen LogP contribution in [-0.4, -0.2) is 26.2 Å². The monoisotopic (exact) mass is 405 g/mol. The standard InChI is InChI=1S/C22H20ClN5O/c1-15-11-17(16(2)28(15)19-9-7-18(23)8-10-19)12-25-26-22(29)13-27-14-24-20-5-3-4-6-21(20)27/h3-12,14H,13H2,1-2H3,(H,26,29)/b25-12-. The number of imidazole rings is 1. The number of nitrogens with one attached hydrogen (secondary N) is 1. The highest BCUT2D eigenvalue weighted by atomic mass is 35.5. The van der Waals surface area contributed by atoms with Gasteiger partial charge in [0.15, 0.2) is 0 Å². The molecule has 0 atom stereocenters. The van der Waals surface area contributed by atoms with Gasteiger partial charge in [0.1, 0.15) is 6.54 Å². The Morgan fingerprint density at radius 3 is 2.72 bits per heavy atom. The number of carbonyl (C=O) groups excluding carboxylic acids is 1. The van der Waals surface area contributed by atoms with Gasteiger partial charge in [-0.3, -0.25) is 4.79 Å². The molecule has 0 aliphatic carbocycles. The van der Waals surface area contributed by atoms with E-state index in [0.29, 0.717) is 5.02 Å². The summed E-state index contributed by atoms with van der Waals surface area (Å²) in [6.45, 7) is 4.20. The predicted molar refractivity (Wildman–Crippen MR) is 116 cm³/mol. The van der Waals surface area contributed by atoms with Crippen molar-refractivity contribution in [2.45, 2.75) is 20.4 Å². The summed E-state index contributed by atoms with van der Waals surface area (Å²) in [7, 11) is 0. The first kappa shape index (κ1) is 19.0. The summed E-state index contributed by atoms with van der Waals surface area (Å²) in [5, 5.41) is 4.83. The van der Waals surface area contributed by atoms with E-state index >= 15 is 0 Å². The van der Waals surface area contributed by atoms with E-state index in [-0.39, 0.29) is 12.5 Å². The molecule has 0 unspecified atom stereocenters. The number of benzene rings is 2. The second-order valence-corrected chi connectivity index (χ2v) is 7.23. The molecule has 0 spiro atoms. The molecule has 2 heterocycles. The Morgan fingerprint density at radius 1 is 1.17 bits per heavy atom. The maximum Gasteiger partial charge on any atom is 0.260 e. The van der Waals surface area contributed by atoms with E-state index in [2.05, 4.69) is 20.1 Å². The van der Waals surface area contributed by atoms with Gasteiger partial charge in [-0.1, -0.05) is 23.7 Å². The van der Waals surface area contributed by atoms with Crippen LogP contribution in [0.4, 0.5) is 0 Å². The minimum Gasteiger partial charge on any atom is -0.321 e. The summed E-state index contributed by atoms with van der Waals surface area (Å²) in [4.78, 5) is 16.6. The average molecular weight is 406 g/mol. The van der Waals surface area contributed by atoms with E-state index in [9.17, 15) is 4.79 Å². The van der Waals surface area contributed by atoms with Crippen LogP contribution in [0, 0.1) is 13.8 Å². The lowest BCUT2D eigenvalue weighted by molar-refractivity contribution is -0.121. The molecule has 0 saturated carbocycles. The van der Waals surface area contributed by atoms with Crippen LogP contribution in [0.5, 0.6) is 0 Å². The molecule has 0 saturated heterocycles. The fourth-order valence-electron chi connectivity index (χ4n) is 3.41. The van der Waals surface area contributed by atoms with Gasteiger partial charge in [-0.25, -0.2) is 10.4 Å². The van der Waals surface area contributed by atoms with E-state index in [1.165, 1.54) is 0 Å². The minimum absolute atomic E-state index is 0.154. The van der Waals surface area contributed by atoms with Crippen molar-refractivity contribution in [2.24, 2.45) is 5.10 Å². The highest BCUT2D eigenvalue weighted by Gasteiger charge is 2.10. The van der Waals surface area contributed by atoms with Gasteiger partial charge < -0.3 is 9.13 Å². The van der Waals surface area contributed by atoms with Crippen LogP contribution in [0.25, 0.3) is 16.7 Å². The molecule has 0 radical (unpaired) electrons. The molecule has 0 aliphatic rings. The SMILES string of the molecule is Cc1cc(/C=N\NC(=O)Cn2cnc3ccccc32)c(C)n1-c1ccc(Cl)cc1. The quantitative estimate of drug-likeness (QED) is 0.398. The van der Waals surface area contributed by atoms with Gasteiger partial charge >= 0.3 is 0 Å². The van der Waals surface area contributed by atoms with Crippen molar-refractivity contribution in [1.29, 1.82) is 0 Å². The molecule has 0 aliphatic heterocycles. The zero-order valence-electron chi connectivity index (χ0n) is 16.1. The van der Waals surface area contributed by atoms with E-state index in [1.54, 1.807) is 17.1 Å². The highest BCUT2D eigenvalue weighted by Crippen LogP contribution is 2.21. The number of aryl methyl sites for hydroxylation is 1. The molecule has 29 heavy (non-hydrogen) atoms. The predicted octanol–water partition coefficient (Wildman–Crippen LogP) is 4.25. The molecule has 146 valence electrons. The van der Waals surface area contributed by atoms with Gasteiger partial charge in [-0.2, -0.15) is 5.10 Å². The van der Waals surface area contributed by atoms with E-state index < -0.39 is 0 Å². The van der Waals surface area contributed by atoms with Crippen LogP contribution in [-0.2, 0) is 11.3 Å². The van der Waals surface area contributed by atoms with Crippen LogP contribution in [0.1, 0.15) is 17.0 Å². The molecular formula is C22H20ClN5O. The lowest BCUT2D eigenvalue weighted by atomic mass is 10.2. The van der Waals surface area contributed by atoms with Gasteiger partial charge in [0.2, 0.25) is 0 Å². The van der Waals surface area contributed by atoms with Crippen LogP contribution >= 0.6 is 11.6 Å². The fraction of sp³-hybridized carbons (Fsp3) is 0.136. The third-order valence-corrected chi connectivity index (χ3v) is 5.04. The highest BCUT2D eigenvalue weighted by molar-refractivity contribution is 6.30. The van der Waals surface area contributed by atoms with Crippen molar-refractivity contribution in [2.75, 3.05) is 0 Å². The van der Waals surface area contributed by atoms with Crippen molar-refractivity contribution in [3.63, 3.8) is 0 Å². The number of rotatable bonds is 5. The number of halogens is 1. The number of fused-ring (bicyclic) bond motifs is 1. The Bertz CT molecular complexity index is 1200. The Hall–Kier alpha value is -3.38. The number of carbonyl (C=O) groups is 1. The number of hydrogen-bond donors (Lipinski definition) is 1. The molecule has 0 fully saturated rings. The summed E-state index contributed by atoms with van der Waals surface area (Å²) >= 11 is 5.99. The smallest absolute Gasteiger partial charge is 0.260 e. The van der Waals surface area contributed by atoms with Crippen molar-refractivity contribution in [3.05, 3.63) is 82.9 Å². The van der Waals surface area contributed by atoms with Crippen molar-refractivity contribution < 1.29 is 4.79 Å². The summed E-state index contributed by atoms with van der Waals surface area (Å²) < 4.78 is 3.92. The molecule has 4 rings (SSSR count). The molecule has 1 N–H and O–H groups in total. The molecule has 4 aromatic rings. The first-order valence-electron chi connectivity index (χ1n) is 9.19. The molecular weight excluding hydrogens is 386 g/mol. The van der Waals surface area contributed by atoms with Crippen molar-refractivity contribution in [1.82, 2.24) is 19.5 Å². The second kappa shape index (κ2) is 7.93. The molecule has 0 bridgehead atoms. The maximum absolute atomic E-state index is 12.3. The number of hydrogen-bond acceptors (Lipinski definition) is 3. The van der Waals surface area contributed by atoms with Crippen molar-refractivity contribution in [3.8, 4) is 5.69 Å². The van der Waals surface area contributed by atoms with Gasteiger partial charge in [0.05, 0.1) is 23.6 Å². The Kier molecular flexibility index (Phi) is 5.18. The lowest BCUT2D eigenvalue weighted by Crippen LogP contribution is -2.22. The van der Waals surface area contributed by atoms with Gasteiger partial charge in [0, 0.05) is 27.7 Å². The van der Waals surface area contributed by atoms with Crippen LogP contribution in [0.2, 0.25) is 5.02 Å². The molecule has 6 nitrogen and oxygen atoms in total. The zero-order chi connectivity index (χ0) is 20.4. The third-order valence-electron chi connectivity index (χ3n) is 4.79. The summed E-state index contributed by atoms with van der Waals surface area (Å²) in [6.07, 6.45) is 3.33. The number of amides is 1. The summed E-state index contributed by atoms with van der Waals surface area (Å²) in [5.41, 5.74) is 8.43. The normalized spacial score (nSPS) is 11.4. The number of hydrazone groups is 1. The van der Waals surface area contributed by atoms with E-state index in [1.807, 2.05) is 68.4 Å². The van der Waals surface area contributed by atoms with E-state index in [0.717, 1.165) is 33.7 Å². The lowest BCUT2D eigenvalue weighted by Gasteiger charge is -2.09. The van der Waals surface area contributed by atoms with Gasteiger partial charge in [-0.15, -0.1) is 0 Å². The fourth-order valence-corrected chi connectivity index (χ4v) is 3.53. The molecule has 2 aromatic heterocycles. The summed E-state index contributed by atoms with van der Waals surface area (Å²) in [5.74, 6) is -0.212. The summed E-state index contributed by atoms with van der Waals surface area (Å²) in [6, 6.07) is 17.4. The number of nitrogens with zero attached hydrogens (tertiary/aromatic N) is 4. The Morgan fingerprint density at radius 2 is 1.93 bits per heavy atom. The van der Waals surface area contributed by atoms with Gasteiger partial charge in [-0.05, 0) is 56.3 Å². The van der Waals surface area contributed by atoms with E-state index in [4.69, 9.17) is 11.6 Å². The topological polar surface area (TPSA) is 64.2 Å². The molecule has 7 heteroatoms. The number of aromatic nitrogens is 3. The Balaban J connectivity index is 1.46. The largest absolute Gasteiger partial charge is 0.321 e. The second-order valence-electron chi connectivity index (χ2n) is 6.79. The first-order valence-corrected chi connectivity index (χ1v) is 9.57. The zero-order valence-corrected chi connectivity index (χ0v) is 16.9. The Labute approximate surface area is 173 Å². The van der Waals surface area contributed by atoms with Gasteiger partial charge in [0.25, 0.3) is 5.91 Å². The maximum atomic E-state index is 12.3. The minimum atomic E-state index is -0.212. The third kappa shape index (κ3) is 3.93. The van der Waals surface area contributed by atoms with Crippen LogP contribution in [0.3, 0.4) is 0 Å². The van der Waals surface area contributed by atoms with Crippen LogP contribution < -0.4 is 5.43 Å². The molecule has 2 aromatic carbocycles. The first-order chi connectivity index (χ1) is 14.0. The number of para-hydroxylation sites is 2.